The topological polar surface area (TPSA) is 72.7 Å². The van der Waals surface area contributed by atoms with Crippen LogP contribution < -0.4 is 5.32 Å². The molecule has 3 aromatic rings. The van der Waals surface area contributed by atoms with E-state index in [2.05, 4.69) is 33.1 Å². The van der Waals surface area contributed by atoms with E-state index in [9.17, 15) is 4.79 Å². The molecule has 27 heavy (non-hydrogen) atoms. The Morgan fingerprint density at radius 2 is 2.00 bits per heavy atom. The Labute approximate surface area is 162 Å². The molecule has 0 aliphatic carbocycles. The highest BCUT2D eigenvalue weighted by molar-refractivity contribution is 7.99. The van der Waals surface area contributed by atoms with Gasteiger partial charge in [-0.25, -0.2) is 0 Å². The lowest BCUT2D eigenvalue weighted by Crippen LogP contribution is -2.15. The van der Waals surface area contributed by atoms with Crippen LogP contribution in [0, 0.1) is 13.8 Å². The normalized spacial score (nSPS) is 10.6. The monoisotopic (exact) mass is 379 g/mol. The van der Waals surface area contributed by atoms with Gasteiger partial charge in [0.1, 0.15) is 5.69 Å². The summed E-state index contributed by atoms with van der Waals surface area (Å²) in [7, 11) is 0. The van der Waals surface area contributed by atoms with E-state index in [1.807, 2.05) is 48.7 Å². The van der Waals surface area contributed by atoms with Gasteiger partial charge in [0.2, 0.25) is 5.91 Å². The number of aryl methyl sites for hydroxylation is 2. The molecule has 0 aliphatic rings. The molecular weight excluding hydrogens is 358 g/mol. The Morgan fingerprint density at radius 3 is 2.67 bits per heavy atom. The van der Waals surface area contributed by atoms with Gasteiger partial charge in [-0.05, 0) is 49.2 Å². The second-order valence-electron chi connectivity index (χ2n) is 6.13. The van der Waals surface area contributed by atoms with Crippen molar-refractivity contribution in [2.45, 2.75) is 25.5 Å². The molecule has 0 aliphatic heterocycles. The number of nitrogens with zero attached hydrogens (tertiary/aromatic N) is 4. The lowest BCUT2D eigenvalue weighted by Gasteiger charge is -2.09. The van der Waals surface area contributed by atoms with Crippen LogP contribution in [0.5, 0.6) is 0 Å². The van der Waals surface area contributed by atoms with E-state index < -0.39 is 0 Å². The molecule has 0 radical (unpaired) electrons. The third-order valence-corrected chi connectivity index (χ3v) is 4.73. The zero-order chi connectivity index (χ0) is 19.2. The fraction of sp³-hybridized carbons (Fsp3) is 0.200. The van der Waals surface area contributed by atoms with E-state index in [1.165, 1.54) is 11.8 Å². The number of pyridine rings is 1. The van der Waals surface area contributed by atoms with Crippen molar-refractivity contribution in [3.05, 3.63) is 66.4 Å². The minimum absolute atomic E-state index is 0.0856. The maximum absolute atomic E-state index is 12.3. The van der Waals surface area contributed by atoms with Crippen molar-refractivity contribution in [2.24, 2.45) is 0 Å². The third kappa shape index (κ3) is 4.83. The summed E-state index contributed by atoms with van der Waals surface area (Å²) in [6, 6.07) is 11.6. The number of benzene rings is 1. The smallest absolute Gasteiger partial charge is 0.234 e. The predicted molar refractivity (Wildman–Crippen MR) is 109 cm³/mol. The second kappa shape index (κ2) is 8.64. The molecule has 0 fully saturated rings. The van der Waals surface area contributed by atoms with Crippen molar-refractivity contribution >= 4 is 23.4 Å². The molecule has 0 unspecified atom stereocenters. The van der Waals surface area contributed by atoms with Crippen molar-refractivity contribution in [2.75, 3.05) is 11.1 Å². The molecule has 0 atom stereocenters. The fourth-order valence-corrected chi connectivity index (χ4v) is 3.50. The van der Waals surface area contributed by atoms with Gasteiger partial charge in [0.25, 0.3) is 0 Å². The summed E-state index contributed by atoms with van der Waals surface area (Å²) in [5, 5.41) is 12.1. The van der Waals surface area contributed by atoms with Crippen LogP contribution in [-0.4, -0.2) is 31.4 Å². The number of carbonyl (C=O) groups excluding carboxylic acids is 1. The van der Waals surface area contributed by atoms with Crippen LogP contribution in [0.1, 0.15) is 11.1 Å². The molecule has 3 rings (SSSR count). The number of rotatable bonds is 7. The molecule has 1 amide bonds. The Balaban J connectivity index is 1.71. The van der Waals surface area contributed by atoms with Crippen molar-refractivity contribution in [1.29, 1.82) is 0 Å². The molecule has 0 bridgehead atoms. The van der Waals surface area contributed by atoms with E-state index >= 15 is 0 Å². The second-order valence-corrected chi connectivity index (χ2v) is 7.08. The van der Waals surface area contributed by atoms with Gasteiger partial charge >= 0.3 is 0 Å². The van der Waals surface area contributed by atoms with Gasteiger partial charge in [0.15, 0.2) is 11.0 Å². The standard InChI is InChI=1S/C20H21N5OS/c1-4-9-25-19(17-7-5-6-8-21-17)23-24-20(25)27-13-18(26)22-16-11-14(2)10-15(3)12-16/h4-8,10-12H,1,9,13H2,2-3H3,(H,22,26). The molecule has 1 N–H and O–H groups in total. The van der Waals surface area contributed by atoms with Gasteiger partial charge in [0, 0.05) is 18.4 Å². The van der Waals surface area contributed by atoms with E-state index in [0.717, 1.165) is 22.5 Å². The van der Waals surface area contributed by atoms with Crippen LogP contribution >= 0.6 is 11.8 Å². The van der Waals surface area contributed by atoms with Gasteiger partial charge in [-0.2, -0.15) is 0 Å². The zero-order valence-corrected chi connectivity index (χ0v) is 16.2. The summed E-state index contributed by atoms with van der Waals surface area (Å²) in [5.74, 6) is 0.815. The number of hydrogen-bond donors (Lipinski definition) is 1. The number of nitrogens with one attached hydrogen (secondary N) is 1. The summed E-state index contributed by atoms with van der Waals surface area (Å²) < 4.78 is 1.91. The number of aromatic nitrogens is 4. The third-order valence-electron chi connectivity index (χ3n) is 3.76. The number of thioether (sulfide) groups is 1. The Bertz CT molecular complexity index is 932. The average molecular weight is 379 g/mol. The van der Waals surface area contributed by atoms with Gasteiger partial charge in [-0.15, -0.1) is 16.8 Å². The highest BCUT2D eigenvalue weighted by Gasteiger charge is 2.15. The average Bonchev–Trinajstić information content (AvgIpc) is 3.03. The molecule has 0 spiro atoms. The summed E-state index contributed by atoms with van der Waals surface area (Å²) in [5.41, 5.74) is 3.77. The zero-order valence-electron chi connectivity index (χ0n) is 15.3. The van der Waals surface area contributed by atoms with Crippen LogP contribution in [0.2, 0.25) is 0 Å². The molecule has 7 heteroatoms. The molecule has 2 aromatic heterocycles. The van der Waals surface area contributed by atoms with E-state index in [-0.39, 0.29) is 11.7 Å². The fourth-order valence-electron chi connectivity index (χ4n) is 2.75. The Kier molecular flexibility index (Phi) is 6.03. The molecule has 0 saturated heterocycles. The first-order valence-corrected chi connectivity index (χ1v) is 9.52. The Hall–Kier alpha value is -2.93. The molecule has 0 saturated carbocycles. The maximum atomic E-state index is 12.3. The minimum atomic E-state index is -0.0856. The van der Waals surface area contributed by atoms with E-state index in [0.29, 0.717) is 17.5 Å². The largest absolute Gasteiger partial charge is 0.325 e. The molecule has 6 nitrogen and oxygen atoms in total. The number of hydrogen-bond acceptors (Lipinski definition) is 5. The predicted octanol–water partition coefficient (Wildman–Crippen LogP) is 3.87. The lowest BCUT2D eigenvalue weighted by atomic mass is 10.1. The van der Waals surface area contributed by atoms with E-state index in [4.69, 9.17) is 0 Å². The molecule has 1 aromatic carbocycles. The summed E-state index contributed by atoms with van der Waals surface area (Å²) >= 11 is 1.34. The van der Waals surface area contributed by atoms with Gasteiger partial charge in [0.05, 0.1) is 5.75 Å². The maximum Gasteiger partial charge on any atom is 0.234 e. The molecule has 138 valence electrons. The van der Waals surface area contributed by atoms with Gasteiger partial charge in [-0.3, -0.25) is 14.3 Å². The number of anilines is 1. The van der Waals surface area contributed by atoms with Crippen LogP contribution in [-0.2, 0) is 11.3 Å². The first-order chi connectivity index (χ1) is 13.1. The van der Waals surface area contributed by atoms with Crippen molar-refractivity contribution < 1.29 is 4.79 Å². The van der Waals surface area contributed by atoms with E-state index in [1.54, 1.807) is 12.3 Å². The van der Waals surface area contributed by atoms with Crippen molar-refractivity contribution in [1.82, 2.24) is 19.7 Å². The van der Waals surface area contributed by atoms with Crippen LogP contribution in [0.3, 0.4) is 0 Å². The highest BCUT2D eigenvalue weighted by Crippen LogP contribution is 2.23. The van der Waals surface area contributed by atoms with Crippen LogP contribution in [0.15, 0.2) is 60.4 Å². The number of allylic oxidation sites excluding steroid dienone is 1. The highest BCUT2D eigenvalue weighted by atomic mass is 32.2. The SMILES string of the molecule is C=CCn1c(SCC(=O)Nc2cc(C)cc(C)c2)nnc1-c1ccccn1. The lowest BCUT2D eigenvalue weighted by molar-refractivity contribution is -0.113. The number of amides is 1. The number of carbonyl (C=O) groups is 1. The van der Waals surface area contributed by atoms with Gasteiger partial charge in [-0.1, -0.05) is 30.0 Å². The van der Waals surface area contributed by atoms with Crippen molar-refractivity contribution in [3.8, 4) is 11.5 Å². The first-order valence-electron chi connectivity index (χ1n) is 8.53. The van der Waals surface area contributed by atoms with Crippen LogP contribution in [0.4, 0.5) is 5.69 Å². The first kappa shape index (κ1) is 18.8. The Morgan fingerprint density at radius 1 is 1.22 bits per heavy atom. The molecular formula is C20H21N5OS. The molecule has 2 heterocycles. The summed E-state index contributed by atoms with van der Waals surface area (Å²) in [6.45, 7) is 8.35. The van der Waals surface area contributed by atoms with Crippen molar-refractivity contribution in [3.63, 3.8) is 0 Å². The summed E-state index contributed by atoms with van der Waals surface area (Å²) in [4.78, 5) is 16.7. The quantitative estimate of drug-likeness (QED) is 0.498. The van der Waals surface area contributed by atoms with Crippen LogP contribution in [0.25, 0.3) is 11.5 Å². The summed E-state index contributed by atoms with van der Waals surface area (Å²) in [6.07, 6.45) is 3.49. The van der Waals surface area contributed by atoms with Gasteiger partial charge < -0.3 is 5.32 Å². The minimum Gasteiger partial charge on any atom is -0.325 e.